The van der Waals surface area contributed by atoms with Gasteiger partial charge >= 0.3 is 0 Å². The van der Waals surface area contributed by atoms with Gasteiger partial charge in [-0.3, -0.25) is 14.6 Å². The highest BCUT2D eigenvalue weighted by atomic mass is 35.5. The fraction of sp³-hybridized carbons (Fsp3) is 0.259. The summed E-state index contributed by atoms with van der Waals surface area (Å²) in [5, 5.41) is 18.6. The minimum absolute atomic E-state index is 0.0334. The number of carbonyl (C=O) groups is 2. The smallest absolute Gasteiger partial charge is 0.251 e. The van der Waals surface area contributed by atoms with Crippen LogP contribution in [0.2, 0.25) is 10.0 Å². The SMILES string of the molecule is CC(C)(C)c1ccc(-n2nnnc2SCC(=O)Nc2ccc(C(=O)NCCc3ccncc3)cc2Cl)c(Cl)c1. The van der Waals surface area contributed by atoms with E-state index in [2.05, 4.69) is 51.9 Å². The second-order valence-corrected chi connectivity index (χ2v) is 11.4. The molecule has 0 saturated heterocycles. The Bertz CT molecular complexity index is 1470. The van der Waals surface area contributed by atoms with Crippen LogP contribution in [0.5, 0.6) is 0 Å². The lowest BCUT2D eigenvalue weighted by Gasteiger charge is -2.20. The van der Waals surface area contributed by atoms with Crippen molar-refractivity contribution in [3.05, 3.63) is 87.7 Å². The Morgan fingerprint density at radius 3 is 2.46 bits per heavy atom. The lowest BCUT2D eigenvalue weighted by Crippen LogP contribution is -2.25. The molecule has 0 bridgehead atoms. The molecule has 4 aromatic rings. The quantitative estimate of drug-likeness (QED) is 0.255. The first-order valence-corrected chi connectivity index (χ1v) is 13.8. The van der Waals surface area contributed by atoms with Crippen molar-refractivity contribution in [1.29, 1.82) is 0 Å². The first kappa shape index (κ1) is 28.5. The normalized spacial score (nSPS) is 11.3. The highest BCUT2D eigenvalue weighted by molar-refractivity contribution is 7.99. The van der Waals surface area contributed by atoms with E-state index in [9.17, 15) is 9.59 Å². The number of thioether (sulfide) groups is 1. The third-order valence-corrected chi connectivity index (χ3v) is 7.30. The Balaban J connectivity index is 1.32. The maximum absolute atomic E-state index is 12.6. The van der Waals surface area contributed by atoms with Crippen molar-refractivity contribution in [2.24, 2.45) is 0 Å². The number of pyridine rings is 1. The van der Waals surface area contributed by atoms with Gasteiger partial charge in [-0.05, 0) is 75.9 Å². The van der Waals surface area contributed by atoms with Gasteiger partial charge in [0.1, 0.15) is 0 Å². The van der Waals surface area contributed by atoms with Crippen molar-refractivity contribution in [3.63, 3.8) is 0 Å². The van der Waals surface area contributed by atoms with Crippen LogP contribution in [0.25, 0.3) is 5.69 Å². The molecular formula is C27H27Cl2N7O2S. The van der Waals surface area contributed by atoms with Crippen LogP contribution in [-0.4, -0.2) is 49.3 Å². The Hall–Kier alpha value is -3.47. The minimum atomic E-state index is -0.305. The molecule has 12 heteroatoms. The van der Waals surface area contributed by atoms with Crippen LogP contribution in [0.4, 0.5) is 5.69 Å². The van der Waals surface area contributed by atoms with Crippen LogP contribution in [-0.2, 0) is 16.6 Å². The van der Waals surface area contributed by atoms with Crippen LogP contribution < -0.4 is 10.6 Å². The van der Waals surface area contributed by atoms with E-state index in [0.717, 1.165) is 22.9 Å². The largest absolute Gasteiger partial charge is 0.352 e. The molecule has 0 unspecified atom stereocenters. The zero-order chi connectivity index (χ0) is 28.0. The van der Waals surface area contributed by atoms with Gasteiger partial charge in [0, 0.05) is 24.5 Å². The molecule has 9 nitrogen and oxygen atoms in total. The second kappa shape index (κ2) is 12.6. The number of aromatic nitrogens is 5. The fourth-order valence-corrected chi connectivity index (χ4v) is 4.78. The third-order valence-electron chi connectivity index (χ3n) is 5.77. The Morgan fingerprint density at radius 2 is 1.77 bits per heavy atom. The molecule has 0 radical (unpaired) electrons. The van der Waals surface area contributed by atoms with Crippen LogP contribution in [0, 0.1) is 0 Å². The molecule has 2 aromatic heterocycles. The Kier molecular flexibility index (Phi) is 9.21. The zero-order valence-corrected chi connectivity index (χ0v) is 23.9. The number of carbonyl (C=O) groups excluding carboxylic acids is 2. The number of halogens is 2. The highest BCUT2D eigenvalue weighted by Crippen LogP contribution is 2.30. The van der Waals surface area contributed by atoms with Gasteiger partial charge in [-0.15, -0.1) is 5.10 Å². The Morgan fingerprint density at radius 1 is 1.00 bits per heavy atom. The Labute approximate surface area is 240 Å². The van der Waals surface area contributed by atoms with Gasteiger partial charge in [0.2, 0.25) is 11.1 Å². The maximum atomic E-state index is 12.6. The summed E-state index contributed by atoms with van der Waals surface area (Å²) in [7, 11) is 0. The predicted octanol–water partition coefficient (Wildman–Crippen LogP) is 5.36. The molecule has 202 valence electrons. The molecular weight excluding hydrogens is 557 g/mol. The lowest BCUT2D eigenvalue weighted by atomic mass is 9.87. The summed E-state index contributed by atoms with van der Waals surface area (Å²) in [4.78, 5) is 29.1. The summed E-state index contributed by atoms with van der Waals surface area (Å²) < 4.78 is 1.50. The monoisotopic (exact) mass is 583 g/mol. The molecule has 39 heavy (non-hydrogen) atoms. The number of rotatable bonds is 9. The lowest BCUT2D eigenvalue weighted by molar-refractivity contribution is -0.113. The molecule has 0 saturated carbocycles. The van der Waals surface area contributed by atoms with Crippen LogP contribution in [0.15, 0.2) is 66.1 Å². The number of benzene rings is 2. The maximum Gasteiger partial charge on any atom is 0.251 e. The van der Waals surface area contributed by atoms with Gasteiger partial charge < -0.3 is 10.6 Å². The van der Waals surface area contributed by atoms with Crippen molar-refractivity contribution in [1.82, 2.24) is 30.5 Å². The topological polar surface area (TPSA) is 115 Å². The third kappa shape index (κ3) is 7.56. The summed E-state index contributed by atoms with van der Waals surface area (Å²) in [5.41, 5.74) is 3.53. The van der Waals surface area contributed by atoms with Crippen LogP contribution in [0.1, 0.15) is 42.3 Å². The number of nitrogens with zero attached hydrogens (tertiary/aromatic N) is 5. The van der Waals surface area contributed by atoms with Crippen molar-refractivity contribution < 1.29 is 9.59 Å². The van der Waals surface area contributed by atoms with Crippen LogP contribution in [0.3, 0.4) is 0 Å². The van der Waals surface area contributed by atoms with E-state index in [1.807, 2.05) is 30.3 Å². The predicted molar refractivity (Wildman–Crippen MR) is 154 cm³/mol. The number of amides is 2. The molecule has 0 aliphatic heterocycles. The van der Waals surface area contributed by atoms with E-state index in [1.54, 1.807) is 24.5 Å². The summed E-state index contributed by atoms with van der Waals surface area (Å²) in [6.07, 6.45) is 4.11. The minimum Gasteiger partial charge on any atom is -0.352 e. The average molecular weight is 585 g/mol. The zero-order valence-electron chi connectivity index (χ0n) is 21.6. The number of hydrogen-bond acceptors (Lipinski definition) is 7. The molecule has 0 aliphatic carbocycles. The molecule has 2 N–H and O–H groups in total. The number of tetrazole rings is 1. The number of nitrogens with one attached hydrogen (secondary N) is 2. The van der Waals surface area contributed by atoms with Crippen molar-refractivity contribution in [3.8, 4) is 5.69 Å². The molecule has 0 fully saturated rings. The van der Waals surface area contributed by atoms with Gasteiger partial charge in [0.25, 0.3) is 5.91 Å². The molecule has 2 aromatic carbocycles. The summed E-state index contributed by atoms with van der Waals surface area (Å²) >= 11 is 14.0. The summed E-state index contributed by atoms with van der Waals surface area (Å²) in [5.74, 6) is -0.522. The first-order chi connectivity index (χ1) is 18.6. The van der Waals surface area contributed by atoms with Gasteiger partial charge in [-0.1, -0.05) is 61.8 Å². The summed E-state index contributed by atoms with van der Waals surface area (Å²) in [6.45, 7) is 6.79. The van der Waals surface area contributed by atoms with E-state index < -0.39 is 0 Å². The average Bonchev–Trinajstić information content (AvgIpc) is 3.37. The van der Waals surface area contributed by atoms with Gasteiger partial charge in [0.05, 0.1) is 27.2 Å². The number of hydrogen-bond donors (Lipinski definition) is 2. The van der Waals surface area contributed by atoms with Crippen molar-refractivity contribution >= 4 is 52.5 Å². The van der Waals surface area contributed by atoms with E-state index in [0.29, 0.717) is 40.1 Å². The van der Waals surface area contributed by atoms with E-state index in [1.165, 1.54) is 10.7 Å². The van der Waals surface area contributed by atoms with Crippen molar-refractivity contribution in [2.75, 3.05) is 17.6 Å². The molecule has 4 rings (SSSR count). The van der Waals surface area contributed by atoms with Gasteiger partial charge in [-0.2, -0.15) is 4.68 Å². The van der Waals surface area contributed by atoms with Crippen molar-refractivity contribution in [2.45, 2.75) is 37.8 Å². The first-order valence-electron chi connectivity index (χ1n) is 12.1. The number of anilines is 1. The van der Waals surface area contributed by atoms with Gasteiger partial charge in [0.15, 0.2) is 0 Å². The van der Waals surface area contributed by atoms with Gasteiger partial charge in [-0.25, -0.2) is 0 Å². The highest BCUT2D eigenvalue weighted by Gasteiger charge is 2.19. The van der Waals surface area contributed by atoms with E-state index in [-0.39, 0.29) is 28.0 Å². The van der Waals surface area contributed by atoms with E-state index >= 15 is 0 Å². The molecule has 2 amide bonds. The molecule has 0 aliphatic rings. The fourth-order valence-electron chi connectivity index (χ4n) is 3.61. The van der Waals surface area contributed by atoms with E-state index in [4.69, 9.17) is 23.2 Å². The summed E-state index contributed by atoms with van der Waals surface area (Å²) in [6, 6.07) is 14.3. The molecule has 0 spiro atoms. The van der Waals surface area contributed by atoms with Crippen LogP contribution >= 0.6 is 35.0 Å². The second-order valence-electron chi connectivity index (χ2n) is 9.68. The molecule has 2 heterocycles. The molecule has 0 atom stereocenters. The standard InChI is InChI=1S/C27H27Cl2N7O2S/c1-27(2,3)19-5-7-23(21(29)15-19)36-26(33-34-35-36)39-16-24(37)32-22-6-4-18(14-20(22)28)25(38)31-13-10-17-8-11-30-12-9-17/h4-9,11-12,14-15H,10,13,16H2,1-3H3,(H,31,38)(H,32,37).